The molecule has 7 heteroatoms. The number of halogens is 3. The minimum absolute atomic E-state index is 0.117. The molecule has 1 N–H and O–H groups in total. The van der Waals surface area contributed by atoms with Crippen LogP contribution in [0.3, 0.4) is 0 Å². The summed E-state index contributed by atoms with van der Waals surface area (Å²) in [6.07, 6.45) is 0. The molecule has 4 nitrogen and oxygen atoms in total. The number of amides is 1. The SMILES string of the molecule is COc1cc(C(=O)Nc2ccc(F)cc2F)ccc1OCc1ccc(Cl)cc1. The molecule has 3 aromatic carbocycles. The van der Waals surface area contributed by atoms with Gasteiger partial charge >= 0.3 is 0 Å². The Morgan fingerprint density at radius 3 is 2.43 bits per heavy atom. The highest BCUT2D eigenvalue weighted by molar-refractivity contribution is 6.30. The maximum Gasteiger partial charge on any atom is 0.255 e. The molecule has 0 atom stereocenters. The van der Waals surface area contributed by atoms with Gasteiger partial charge in [0.15, 0.2) is 11.5 Å². The molecule has 0 fully saturated rings. The number of benzene rings is 3. The molecular formula is C21H16ClF2NO3. The van der Waals surface area contributed by atoms with E-state index in [2.05, 4.69) is 5.32 Å². The lowest BCUT2D eigenvalue weighted by Crippen LogP contribution is -2.13. The minimum atomic E-state index is -0.858. The summed E-state index contributed by atoms with van der Waals surface area (Å²) in [5, 5.41) is 3.03. The Morgan fingerprint density at radius 2 is 1.75 bits per heavy atom. The Hall–Kier alpha value is -3.12. The van der Waals surface area contributed by atoms with E-state index in [1.807, 2.05) is 12.1 Å². The van der Waals surface area contributed by atoms with Gasteiger partial charge in [-0.2, -0.15) is 0 Å². The van der Waals surface area contributed by atoms with E-state index in [4.69, 9.17) is 21.1 Å². The van der Waals surface area contributed by atoms with Crippen LogP contribution in [0, 0.1) is 11.6 Å². The molecule has 0 aliphatic rings. The number of nitrogens with one attached hydrogen (secondary N) is 1. The van der Waals surface area contributed by atoms with Crippen LogP contribution in [-0.4, -0.2) is 13.0 Å². The number of carbonyl (C=O) groups excluding carboxylic acids is 1. The summed E-state index contributed by atoms with van der Waals surface area (Å²) in [6, 6.07) is 14.7. The lowest BCUT2D eigenvalue weighted by atomic mass is 10.1. The number of carbonyl (C=O) groups is 1. The van der Waals surface area contributed by atoms with Crippen molar-refractivity contribution in [3.05, 3.63) is 88.4 Å². The molecule has 0 unspecified atom stereocenters. The van der Waals surface area contributed by atoms with E-state index in [0.717, 1.165) is 17.7 Å². The van der Waals surface area contributed by atoms with Gasteiger partial charge in [-0.15, -0.1) is 0 Å². The molecule has 0 saturated carbocycles. The van der Waals surface area contributed by atoms with Gasteiger partial charge in [0.25, 0.3) is 5.91 Å². The normalized spacial score (nSPS) is 10.4. The van der Waals surface area contributed by atoms with Gasteiger partial charge in [-0.3, -0.25) is 4.79 Å². The van der Waals surface area contributed by atoms with Crippen LogP contribution in [0.4, 0.5) is 14.5 Å². The predicted octanol–water partition coefficient (Wildman–Crippen LogP) is 5.46. The highest BCUT2D eigenvalue weighted by Gasteiger charge is 2.14. The highest BCUT2D eigenvalue weighted by Crippen LogP contribution is 2.29. The predicted molar refractivity (Wildman–Crippen MR) is 103 cm³/mol. The third kappa shape index (κ3) is 4.78. The average molecular weight is 404 g/mol. The second kappa shape index (κ2) is 8.71. The zero-order valence-electron chi connectivity index (χ0n) is 14.8. The van der Waals surface area contributed by atoms with Gasteiger partial charge in [-0.25, -0.2) is 8.78 Å². The van der Waals surface area contributed by atoms with Gasteiger partial charge in [0.2, 0.25) is 0 Å². The van der Waals surface area contributed by atoms with Crippen molar-refractivity contribution in [3.8, 4) is 11.5 Å². The standard InChI is InChI=1S/C21H16ClF2NO3/c1-27-20-10-14(21(26)25-18-8-7-16(23)11-17(18)24)4-9-19(20)28-12-13-2-5-15(22)6-3-13/h2-11H,12H2,1H3,(H,25,26). The van der Waals surface area contributed by atoms with Crippen molar-refractivity contribution in [2.24, 2.45) is 0 Å². The smallest absolute Gasteiger partial charge is 0.255 e. The minimum Gasteiger partial charge on any atom is -0.493 e. The zero-order chi connectivity index (χ0) is 20.1. The molecule has 28 heavy (non-hydrogen) atoms. The van der Waals surface area contributed by atoms with Gasteiger partial charge in [0.1, 0.15) is 18.2 Å². The summed E-state index contributed by atoms with van der Waals surface area (Å²) in [7, 11) is 1.45. The Morgan fingerprint density at radius 1 is 1.00 bits per heavy atom. The first kappa shape index (κ1) is 19.6. The summed E-state index contributed by atoms with van der Waals surface area (Å²) in [5.74, 6) is -1.35. The van der Waals surface area contributed by atoms with E-state index in [-0.39, 0.29) is 11.3 Å². The van der Waals surface area contributed by atoms with Crippen molar-refractivity contribution in [3.63, 3.8) is 0 Å². The van der Waals surface area contributed by atoms with Gasteiger partial charge < -0.3 is 14.8 Å². The maximum atomic E-state index is 13.7. The third-order valence-electron chi connectivity index (χ3n) is 3.91. The molecule has 0 bridgehead atoms. The highest BCUT2D eigenvalue weighted by atomic mass is 35.5. The summed E-state index contributed by atoms with van der Waals surface area (Å²) in [6.45, 7) is 0.292. The molecule has 3 rings (SSSR count). The fourth-order valence-corrected chi connectivity index (χ4v) is 2.58. The van der Waals surface area contributed by atoms with E-state index in [1.165, 1.54) is 19.2 Å². The summed E-state index contributed by atoms with van der Waals surface area (Å²) in [4.78, 5) is 12.4. The molecule has 0 aromatic heterocycles. The lowest BCUT2D eigenvalue weighted by Gasteiger charge is -2.13. The molecular weight excluding hydrogens is 388 g/mol. The molecule has 0 radical (unpaired) electrons. The van der Waals surface area contributed by atoms with Crippen LogP contribution in [0.2, 0.25) is 5.02 Å². The van der Waals surface area contributed by atoms with Gasteiger partial charge in [0, 0.05) is 16.7 Å². The van der Waals surface area contributed by atoms with Gasteiger partial charge in [-0.1, -0.05) is 23.7 Å². The maximum absolute atomic E-state index is 13.7. The van der Waals surface area contributed by atoms with E-state index in [0.29, 0.717) is 29.2 Å². The monoisotopic (exact) mass is 403 g/mol. The fraction of sp³-hybridized carbons (Fsp3) is 0.0952. The number of hydrogen-bond donors (Lipinski definition) is 1. The number of rotatable bonds is 6. The van der Waals surface area contributed by atoms with Gasteiger partial charge in [0.05, 0.1) is 12.8 Å². The Labute approximate surface area is 165 Å². The van der Waals surface area contributed by atoms with E-state index >= 15 is 0 Å². The van der Waals surface area contributed by atoms with Crippen molar-refractivity contribution >= 4 is 23.2 Å². The van der Waals surface area contributed by atoms with Crippen LogP contribution in [-0.2, 0) is 6.61 Å². The van der Waals surface area contributed by atoms with Crippen molar-refractivity contribution in [2.75, 3.05) is 12.4 Å². The fourth-order valence-electron chi connectivity index (χ4n) is 2.46. The van der Waals surface area contributed by atoms with Crippen LogP contribution in [0.25, 0.3) is 0 Å². The van der Waals surface area contributed by atoms with Crippen LogP contribution in [0.15, 0.2) is 60.7 Å². The molecule has 144 valence electrons. The molecule has 3 aromatic rings. The zero-order valence-corrected chi connectivity index (χ0v) is 15.6. The Kier molecular flexibility index (Phi) is 6.11. The Balaban J connectivity index is 1.72. The van der Waals surface area contributed by atoms with Gasteiger partial charge in [-0.05, 0) is 48.0 Å². The van der Waals surface area contributed by atoms with Crippen molar-refractivity contribution < 1.29 is 23.0 Å². The number of methoxy groups -OCH3 is 1. The lowest BCUT2D eigenvalue weighted by molar-refractivity contribution is 0.102. The molecule has 0 aliphatic carbocycles. The second-order valence-electron chi connectivity index (χ2n) is 5.86. The van der Waals surface area contributed by atoms with Crippen molar-refractivity contribution in [1.82, 2.24) is 0 Å². The first-order valence-electron chi connectivity index (χ1n) is 8.28. The molecule has 0 spiro atoms. The quantitative estimate of drug-likeness (QED) is 0.594. The van der Waals surface area contributed by atoms with E-state index in [9.17, 15) is 13.6 Å². The largest absolute Gasteiger partial charge is 0.493 e. The topological polar surface area (TPSA) is 47.6 Å². The Bertz CT molecular complexity index is 993. The second-order valence-corrected chi connectivity index (χ2v) is 6.30. The summed E-state index contributed by atoms with van der Waals surface area (Å²) >= 11 is 5.86. The molecule has 1 amide bonds. The third-order valence-corrected chi connectivity index (χ3v) is 4.16. The average Bonchev–Trinajstić information content (AvgIpc) is 2.69. The summed E-state index contributed by atoms with van der Waals surface area (Å²) < 4.78 is 37.7. The molecule has 0 saturated heterocycles. The van der Waals surface area contributed by atoms with E-state index in [1.54, 1.807) is 18.2 Å². The summed E-state index contributed by atoms with van der Waals surface area (Å²) in [5.41, 5.74) is 1.04. The molecule has 0 heterocycles. The number of anilines is 1. The van der Waals surface area contributed by atoms with Crippen molar-refractivity contribution in [2.45, 2.75) is 6.61 Å². The first-order chi connectivity index (χ1) is 13.5. The first-order valence-corrected chi connectivity index (χ1v) is 8.66. The molecule has 0 aliphatic heterocycles. The van der Waals surface area contributed by atoms with Crippen LogP contribution in [0.5, 0.6) is 11.5 Å². The number of ether oxygens (including phenoxy) is 2. The number of hydrogen-bond acceptors (Lipinski definition) is 3. The van der Waals surface area contributed by atoms with E-state index < -0.39 is 17.5 Å². The van der Waals surface area contributed by atoms with Crippen LogP contribution < -0.4 is 14.8 Å². The van der Waals surface area contributed by atoms with Crippen LogP contribution >= 0.6 is 11.6 Å². The van der Waals surface area contributed by atoms with Crippen LogP contribution in [0.1, 0.15) is 15.9 Å². The van der Waals surface area contributed by atoms with Crippen molar-refractivity contribution in [1.29, 1.82) is 0 Å².